The predicted molar refractivity (Wildman–Crippen MR) is 139 cm³/mol. The van der Waals surface area contributed by atoms with Crippen LogP contribution in [0, 0.1) is 11.3 Å². The second-order valence-electron chi connectivity index (χ2n) is 8.64. The monoisotopic (exact) mass is 480 g/mol. The first-order valence-corrected chi connectivity index (χ1v) is 11.8. The maximum Gasteiger partial charge on any atom is 0.320 e. The van der Waals surface area contributed by atoms with E-state index < -0.39 is 12.0 Å². The van der Waals surface area contributed by atoms with Crippen molar-refractivity contribution in [1.82, 2.24) is 4.98 Å². The van der Waals surface area contributed by atoms with Crippen molar-refractivity contribution in [3.63, 3.8) is 0 Å². The largest absolute Gasteiger partial charge is 0.487 e. The molecule has 0 saturated carbocycles. The number of nitrogens with zero attached hydrogens (tertiary/aromatic N) is 2. The number of nitriles is 1. The number of fused-ring (bicyclic) bond motifs is 1. The number of ether oxygens (including phenoxy) is 1. The lowest BCUT2D eigenvalue weighted by Gasteiger charge is -2.23. The van der Waals surface area contributed by atoms with Crippen molar-refractivity contribution in [3.05, 3.63) is 95.7 Å². The number of hydrogen-bond acceptors (Lipinski definition) is 6. The predicted octanol–water partition coefficient (Wildman–Crippen LogP) is 4.59. The van der Waals surface area contributed by atoms with Crippen molar-refractivity contribution in [1.29, 1.82) is 5.26 Å². The van der Waals surface area contributed by atoms with Gasteiger partial charge in [0.15, 0.2) is 0 Å². The fourth-order valence-corrected chi connectivity index (χ4v) is 4.42. The van der Waals surface area contributed by atoms with E-state index >= 15 is 0 Å². The van der Waals surface area contributed by atoms with Gasteiger partial charge >= 0.3 is 5.97 Å². The smallest absolute Gasteiger partial charge is 0.320 e. The van der Waals surface area contributed by atoms with E-state index in [1.165, 1.54) is 0 Å². The average Bonchev–Trinajstić information content (AvgIpc) is 2.91. The summed E-state index contributed by atoms with van der Waals surface area (Å²) in [5, 5.41) is 20.2. The summed E-state index contributed by atoms with van der Waals surface area (Å²) in [7, 11) is 0. The van der Waals surface area contributed by atoms with E-state index in [1.807, 2.05) is 72.8 Å². The molecule has 4 aromatic rings. The number of para-hydroxylation sites is 1. The molecule has 5 N–H and O–H groups in total. The van der Waals surface area contributed by atoms with E-state index in [1.54, 1.807) is 6.07 Å². The first kappa shape index (κ1) is 24.9. The molecular weight excluding hydrogens is 452 g/mol. The van der Waals surface area contributed by atoms with E-state index in [-0.39, 0.29) is 12.3 Å². The Hall–Kier alpha value is -4.25. The summed E-state index contributed by atoms with van der Waals surface area (Å²) in [5.74, 6) is -0.643. The molecule has 1 aromatic heterocycles. The summed E-state index contributed by atoms with van der Waals surface area (Å²) < 4.78 is 5.96. The normalized spacial score (nSPS) is 12.6. The Kier molecular flexibility index (Phi) is 7.91. The number of carbonyl (C=O) groups is 1. The summed E-state index contributed by atoms with van der Waals surface area (Å²) >= 11 is 0. The van der Waals surface area contributed by atoms with Gasteiger partial charge in [0.05, 0.1) is 22.8 Å². The van der Waals surface area contributed by atoms with E-state index in [4.69, 9.17) is 16.2 Å². The van der Waals surface area contributed by atoms with Crippen molar-refractivity contribution in [2.24, 2.45) is 11.5 Å². The fourth-order valence-electron chi connectivity index (χ4n) is 4.42. The highest BCUT2D eigenvalue weighted by Gasteiger charge is 2.24. The van der Waals surface area contributed by atoms with Crippen molar-refractivity contribution in [3.8, 4) is 22.9 Å². The number of aromatic nitrogens is 1. The van der Waals surface area contributed by atoms with Crippen LogP contribution >= 0.6 is 0 Å². The summed E-state index contributed by atoms with van der Waals surface area (Å²) in [6.07, 6.45) is 0.713. The SMILES string of the molecule is N#Cc1cccc(-c2ccc(OCc3ccc4ccccc4n3)cc2)c1C(CCN)C[C@H](N)C(=O)O. The Morgan fingerprint density at radius 3 is 2.53 bits per heavy atom. The number of benzene rings is 3. The molecule has 1 heterocycles. The van der Waals surface area contributed by atoms with Gasteiger partial charge in [-0.25, -0.2) is 4.98 Å². The molecule has 2 atom stereocenters. The lowest BCUT2D eigenvalue weighted by molar-refractivity contribution is -0.138. The van der Waals surface area contributed by atoms with Crippen LogP contribution in [0.5, 0.6) is 5.75 Å². The molecule has 0 bridgehead atoms. The molecule has 7 nitrogen and oxygen atoms in total. The van der Waals surface area contributed by atoms with Crippen LogP contribution in [0.4, 0.5) is 0 Å². The lowest BCUT2D eigenvalue weighted by Crippen LogP contribution is -2.32. The van der Waals surface area contributed by atoms with Gasteiger partial charge in [-0.2, -0.15) is 5.26 Å². The Labute approximate surface area is 210 Å². The number of carboxylic acids is 1. The Morgan fingerprint density at radius 2 is 1.81 bits per heavy atom. The zero-order valence-corrected chi connectivity index (χ0v) is 19.8. The lowest BCUT2D eigenvalue weighted by atomic mass is 9.82. The number of nitrogens with two attached hydrogens (primary N) is 2. The fraction of sp³-hybridized carbons (Fsp3) is 0.207. The molecule has 0 radical (unpaired) electrons. The molecule has 36 heavy (non-hydrogen) atoms. The van der Waals surface area contributed by atoms with Crippen molar-refractivity contribution < 1.29 is 14.6 Å². The second-order valence-corrected chi connectivity index (χ2v) is 8.64. The molecule has 1 unspecified atom stereocenters. The standard InChI is InChI=1S/C29H28N4O3/c30-15-14-21(16-26(32)29(34)35)28-22(17-31)5-3-6-25(28)19-9-12-24(13-10-19)36-18-23-11-8-20-4-1-2-7-27(20)33-23/h1-13,21,26H,14-16,18,30,32H2,(H,34,35)/t21?,26-/m0/s1. The molecule has 3 aromatic carbocycles. The van der Waals surface area contributed by atoms with E-state index in [0.29, 0.717) is 30.9 Å². The van der Waals surface area contributed by atoms with Gasteiger partial charge in [-0.05, 0) is 72.3 Å². The highest BCUT2D eigenvalue weighted by molar-refractivity contribution is 5.78. The Bertz CT molecular complexity index is 1400. The van der Waals surface area contributed by atoms with Gasteiger partial charge in [-0.3, -0.25) is 4.79 Å². The number of carboxylic acid groups (broad SMARTS) is 1. The maximum atomic E-state index is 11.4. The van der Waals surface area contributed by atoms with Gasteiger partial charge < -0.3 is 21.3 Å². The average molecular weight is 481 g/mol. The third-order valence-electron chi connectivity index (χ3n) is 6.21. The Balaban J connectivity index is 1.57. The first-order valence-electron chi connectivity index (χ1n) is 11.8. The van der Waals surface area contributed by atoms with E-state index in [2.05, 4.69) is 11.1 Å². The molecule has 182 valence electrons. The summed E-state index contributed by atoms with van der Waals surface area (Å²) in [4.78, 5) is 16.0. The minimum Gasteiger partial charge on any atom is -0.487 e. The van der Waals surface area contributed by atoms with Gasteiger partial charge in [0.25, 0.3) is 0 Å². The van der Waals surface area contributed by atoms with Crippen molar-refractivity contribution in [2.75, 3.05) is 6.54 Å². The zero-order valence-electron chi connectivity index (χ0n) is 19.8. The molecular formula is C29H28N4O3. The van der Waals surface area contributed by atoms with Gasteiger partial charge in [-0.1, -0.05) is 48.5 Å². The van der Waals surface area contributed by atoms with Crippen LogP contribution < -0.4 is 16.2 Å². The van der Waals surface area contributed by atoms with Crippen LogP contribution in [0.15, 0.2) is 78.9 Å². The first-order chi connectivity index (χ1) is 17.5. The van der Waals surface area contributed by atoms with Gasteiger partial charge in [0.2, 0.25) is 0 Å². The topological polar surface area (TPSA) is 135 Å². The molecule has 0 aliphatic heterocycles. The second kappa shape index (κ2) is 11.5. The highest BCUT2D eigenvalue weighted by atomic mass is 16.5. The van der Waals surface area contributed by atoms with E-state index in [9.17, 15) is 15.2 Å². The molecule has 7 heteroatoms. The maximum absolute atomic E-state index is 11.4. The quantitative estimate of drug-likeness (QED) is 0.302. The molecule has 0 aliphatic carbocycles. The van der Waals surface area contributed by atoms with Gasteiger partial charge in [0.1, 0.15) is 18.4 Å². The van der Waals surface area contributed by atoms with E-state index in [0.717, 1.165) is 33.3 Å². The van der Waals surface area contributed by atoms with Crippen LogP contribution in [0.3, 0.4) is 0 Å². The third kappa shape index (κ3) is 5.69. The highest BCUT2D eigenvalue weighted by Crippen LogP contribution is 2.36. The molecule has 0 saturated heterocycles. The number of pyridine rings is 1. The summed E-state index contributed by atoms with van der Waals surface area (Å²) in [6.45, 7) is 0.691. The van der Waals surface area contributed by atoms with Crippen LogP contribution in [-0.4, -0.2) is 28.6 Å². The number of hydrogen-bond donors (Lipinski definition) is 3. The molecule has 0 amide bonds. The van der Waals surface area contributed by atoms with Gasteiger partial charge in [0, 0.05) is 5.39 Å². The molecule has 0 spiro atoms. The summed E-state index contributed by atoms with van der Waals surface area (Å²) in [6, 6.07) is 26.2. The minimum absolute atomic E-state index is 0.193. The van der Waals surface area contributed by atoms with Crippen molar-refractivity contribution >= 4 is 16.9 Å². The van der Waals surface area contributed by atoms with Crippen LogP contribution in [-0.2, 0) is 11.4 Å². The van der Waals surface area contributed by atoms with Crippen LogP contribution in [0.1, 0.15) is 35.6 Å². The number of rotatable bonds is 10. The zero-order chi connectivity index (χ0) is 25.5. The Morgan fingerprint density at radius 1 is 1.03 bits per heavy atom. The minimum atomic E-state index is -1.07. The molecule has 0 aliphatic rings. The summed E-state index contributed by atoms with van der Waals surface area (Å²) in [5.41, 5.74) is 16.5. The molecule has 4 rings (SSSR count). The van der Waals surface area contributed by atoms with Gasteiger partial charge in [-0.15, -0.1) is 0 Å². The molecule has 0 fully saturated rings. The van der Waals surface area contributed by atoms with Crippen molar-refractivity contribution in [2.45, 2.75) is 31.4 Å². The number of aliphatic carboxylic acids is 1. The third-order valence-corrected chi connectivity index (χ3v) is 6.21. The van der Waals surface area contributed by atoms with Crippen LogP contribution in [0.2, 0.25) is 0 Å². The van der Waals surface area contributed by atoms with Crippen LogP contribution in [0.25, 0.3) is 22.0 Å².